The van der Waals surface area contributed by atoms with Crippen molar-refractivity contribution in [1.29, 1.82) is 0 Å². The van der Waals surface area contributed by atoms with Gasteiger partial charge >= 0.3 is 0 Å². The van der Waals surface area contributed by atoms with Crippen LogP contribution in [-0.4, -0.2) is 10.9 Å². The number of halogens is 1. The van der Waals surface area contributed by atoms with E-state index < -0.39 is 0 Å². The van der Waals surface area contributed by atoms with Crippen LogP contribution in [0, 0.1) is 0 Å². The summed E-state index contributed by atoms with van der Waals surface area (Å²) >= 11 is 7.55. The van der Waals surface area contributed by atoms with Crippen LogP contribution >= 0.6 is 23.4 Å². The van der Waals surface area contributed by atoms with Crippen LogP contribution in [0.25, 0.3) is 0 Å². The molecule has 0 saturated heterocycles. The van der Waals surface area contributed by atoms with E-state index in [4.69, 9.17) is 11.6 Å². The highest BCUT2D eigenvalue weighted by Gasteiger charge is 2.22. The van der Waals surface area contributed by atoms with Gasteiger partial charge in [-0.2, -0.15) is 0 Å². The number of nitrogens with one attached hydrogen (secondary N) is 1. The van der Waals surface area contributed by atoms with Gasteiger partial charge in [0.05, 0.1) is 5.69 Å². The third kappa shape index (κ3) is 4.16. The van der Waals surface area contributed by atoms with Crippen LogP contribution in [0.1, 0.15) is 10.8 Å². The number of amides is 1. The molecule has 0 fully saturated rings. The van der Waals surface area contributed by atoms with Crippen LogP contribution in [-0.2, 0) is 4.79 Å². The summed E-state index contributed by atoms with van der Waals surface area (Å²) in [6.45, 7) is 0. The van der Waals surface area contributed by atoms with Crippen molar-refractivity contribution in [3.63, 3.8) is 0 Å². The van der Waals surface area contributed by atoms with Gasteiger partial charge in [0, 0.05) is 11.1 Å². The first kappa shape index (κ1) is 16.6. The molecule has 0 bridgehead atoms. The lowest BCUT2D eigenvalue weighted by atomic mass is 10.1. The topological polar surface area (TPSA) is 42.0 Å². The zero-order chi connectivity index (χ0) is 16.8. The van der Waals surface area contributed by atoms with Crippen LogP contribution in [0.3, 0.4) is 0 Å². The van der Waals surface area contributed by atoms with E-state index in [1.54, 1.807) is 18.3 Å². The molecule has 3 nitrogen and oxygen atoms in total. The molecule has 1 N–H and O–H groups in total. The highest BCUT2D eigenvalue weighted by molar-refractivity contribution is 8.00. The summed E-state index contributed by atoms with van der Waals surface area (Å²) in [7, 11) is 0. The Balaban J connectivity index is 1.87. The summed E-state index contributed by atoms with van der Waals surface area (Å²) in [6.07, 6.45) is 1.59. The Morgan fingerprint density at radius 1 is 0.958 bits per heavy atom. The molecule has 1 aromatic heterocycles. The summed E-state index contributed by atoms with van der Waals surface area (Å²) in [5.74, 6) is -0.134. The van der Waals surface area contributed by atoms with Crippen molar-refractivity contribution in [1.82, 2.24) is 4.98 Å². The fraction of sp³-hybridized carbons (Fsp3) is 0.0526. The maximum Gasteiger partial charge on any atom is 0.242 e. The number of carbonyl (C=O) groups excluding carboxylic acids is 1. The molecule has 24 heavy (non-hydrogen) atoms. The number of benzene rings is 2. The number of pyridine rings is 1. The number of hydrogen-bond acceptors (Lipinski definition) is 3. The molecule has 2 aromatic carbocycles. The molecular formula is C19H15ClN2OS. The Labute approximate surface area is 150 Å². The number of nitrogens with zero attached hydrogens (tertiary/aromatic N) is 1. The maximum atomic E-state index is 12.9. The van der Waals surface area contributed by atoms with Gasteiger partial charge in [0.1, 0.15) is 5.25 Å². The van der Waals surface area contributed by atoms with E-state index in [-0.39, 0.29) is 16.3 Å². The van der Waals surface area contributed by atoms with Crippen LogP contribution in [0.4, 0.5) is 5.69 Å². The van der Waals surface area contributed by atoms with Gasteiger partial charge < -0.3 is 5.32 Å². The van der Waals surface area contributed by atoms with E-state index in [1.165, 1.54) is 11.8 Å². The molecule has 0 aliphatic heterocycles. The molecular weight excluding hydrogens is 340 g/mol. The Kier molecular flexibility index (Phi) is 5.51. The first-order valence-electron chi connectivity index (χ1n) is 7.42. The zero-order valence-electron chi connectivity index (χ0n) is 12.7. The van der Waals surface area contributed by atoms with Gasteiger partial charge in [0.25, 0.3) is 0 Å². The third-order valence-corrected chi connectivity index (χ3v) is 4.92. The summed E-state index contributed by atoms with van der Waals surface area (Å²) in [5.41, 5.74) is 1.45. The van der Waals surface area contributed by atoms with Gasteiger partial charge in [-0.3, -0.25) is 4.79 Å². The number of thioether (sulfide) groups is 1. The van der Waals surface area contributed by atoms with Crippen LogP contribution in [0.15, 0.2) is 83.9 Å². The van der Waals surface area contributed by atoms with E-state index in [0.29, 0.717) is 5.69 Å². The maximum absolute atomic E-state index is 12.9. The van der Waals surface area contributed by atoms with Gasteiger partial charge in [-0.15, -0.1) is 11.8 Å². The number of anilines is 1. The van der Waals surface area contributed by atoms with Gasteiger partial charge in [-0.1, -0.05) is 60.1 Å². The summed E-state index contributed by atoms with van der Waals surface area (Å²) < 4.78 is 0. The molecule has 0 aliphatic rings. The van der Waals surface area contributed by atoms with Gasteiger partial charge in [-0.25, -0.2) is 4.98 Å². The quantitative estimate of drug-likeness (QED) is 0.505. The predicted molar refractivity (Wildman–Crippen MR) is 99.4 cm³/mol. The van der Waals surface area contributed by atoms with E-state index in [9.17, 15) is 4.79 Å². The van der Waals surface area contributed by atoms with Crippen LogP contribution in [0.5, 0.6) is 0 Å². The largest absolute Gasteiger partial charge is 0.322 e. The molecule has 0 radical (unpaired) electrons. The van der Waals surface area contributed by atoms with Crippen molar-refractivity contribution in [2.75, 3.05) is 5.32 Å². The SMILES string of the molecule is O=C(Nc1cccnc1Cl)C(Sc1ccccc1)c1ccccc1. The predicted octanol–water partition coefficient (Wildman–Crippen LogP) is 5.21. The Hall–Kier alpha value is -2.30. The molecule has 5 heteroatoms. The standard InChI is InChI=1S/C19H15ClN2OS/c20-18-16(12-7-13-21-18)22-19(23)17(14-8-3-1-4-9-14)24-15-10-5-2-6-11-15/h1-13,17H,(H,22,23). The minimum absolute atomic E-state index is 0.134. The van der Waals surface area contributed by atoms with Crippen molar-refractivity contribution in [3.8, 4) is 0 Å². The molecule has 1 heterocycles. The first-order chi connectivity index (χ1) is 11.7. The number of aromatic nitrogens is 1. The second-order valence-corrected chi connectivity index (χ2v) is 6.59. The third-order valence-electron chi connectivity index (χ3n) is 3.35. The smallest absolute Gasteiger partial charge is 0.242 e. The lowest BCUT2D eigenvalue weighted by molar-refractivity contribution is -0.115. The van der Waals surface area contributed by atoms with Gasteiger partial charge in [0.15, 0.2) is 5.15 Å². The summed E-state index contributed by atoms with van der Waals surface area (Å²) in [6, 6.07) is 23.0. The van der Waals surface area contributed by atoms with Crippen molar-refractivity contribution < 1.29 is 4.79 Å². The highest BCUT2D eigenvalue weighted by atomic mass is 35.5. The average molecular weight is 355 g/mol. The van der Waals surface area contributed by atoms with Crippen molar-refractivity contribution in [3.05, 3.63) is 89.7 Å². The number of carbonyl (C=O) groups is 1. The lowest BCUT2D eigenvalue weighted by Crippen LogP contribution is -2.19. The van der Waals surface area contributed by atoms with Gasteiger partial charge in [0.2, 0.25) is 5.91 Å². The molecule has 3 aromatic rings. The van der Waals surface area contributed by atoms with E-state index >= 15 is 0 Å². The molecule has 0 aliphatic carbocycles. The van der Waals surface area contributed by atoms with Crippen LogP contribution in [0.2, 0.25) is 5.15 Å². The normalized spacial score (nSPS) is 11.7. The monoisotopic (exact) mass is 354 g/mol. The summed E-state index contributed by atoms with van der Waals surface area (Å²) in [4.78, 5) is 17.9. The lowest BCUT2D eigenvalue weighted by Gasteiger charge is -2.17. The van der Waals surface area contributed by atoms with E-state index in [1.807, 2.05) is 60.7 Å². The number of rotatable bonds is 5. The molecule has 0 spiro atoms. The van der Waals surface area contributed by atoms with E-state index in [2.05, 4.69) is 10.3 Å². The summed E-state index contributed by atoms with van der Waals surface area (Å²) in [5, 5.41) is 2.77. The minimum atomic E-state index is -0.384. The Bertz CT molecular complexity index is 812. The molecule has 1 unspecified atom stereocenters. The fourth-order valence-electron chi connectivity index (χ4n) is 2.21. The Morgan fingerprint density at radius 3 is 2.29 bits per heavy atom. The van der Waals surface area contributed by atoms with Crippen molar-refractivity contribution in [2.24, 2.45) is 0 Å². The van der Waals surface area contributed by atoms with Crippen molar-refractivity contribution >= 4 is 35.0 Å². The molecule has 3 rings (SSSR count). The molecule has 1 atom stereocenters. The average Bonchev–Trinajstić information content (AvgIpc) is 2.63. The molecule has 0 saturated carbocycles. The zero-order valence-corrected chi connectivity index (χ0v) is 14.3. The Morgan fingerprint density at radius 2 is 1.62 bits per heavy atom. The number of hydrogen-bond donors (Lipinski definition) is 1. The van der Waals surface area contributed by atoms with Crippen LogP contribution < -0.4 is 5.32 Å². The first-order valence-corrected chi connectivity index (χ1v) is 8.68. The fourth-order valence-corrected chi connectivity index (χ4v) is 3.43. The van der Waals surface area contributed by atoms with Crippen molar-refractivity contribution in [2.45, 2.75) is 10.1 Å². The highest BCUT2D eigenvalue weighted by Crippen LogP contribution is 2.36. The van der Waals surface area contributed by atoms with E-state index in [0.717, 1.165) is 10.5 Å². The molecule has 1 amide bonds. The second-order valence-electron chi connectivity index (χ2n) is 5.05. The second kappa shape index (κ2) is 7.99. The van der Waals surface area contributed by atoms with Gasteiger partial charge in [-0.05, 0) is 29.8 Å². The molecule has 120 valence electrons. The minimum Gasteiger partial charge on any atom is -0.322 e.